The fourth-order valence-corrected chi connectivity index (χ4v) is 2.12. The molecule has 2 rings (SSSR count). The molecule has 0 spiro atoms. The number of rotatable bonds is 4. The van der Waals surface area contributed by atoms with Gasteiger partial charge in [0.05, 0.1) is 18.8 Å². The van der Waals surface area contributed by atoms with Gasteiger partial charge in [-0.3, -0.25) is 4.79 Å². The van der Waals surface area contributed by atoms with E-state index < -0.39 is 0 Å². The van der Waals surface area contributed by atoms with Crippen molar-refractivity contribution in [2.24, 2.45) is 0 Å². The molecular weight excluding hydrogens is 242 g/mol. The molecule has 1 amide bonds. The van der Waals surface area contributed by atoms with Gasteiger partial charge in [0, 0.05) is 18.7 Å². The highest BCUT2D eigenvalue weighted by molar-refractivity contribution is 5.94. The van der Waals surface area contributed by atoms with Gasteiger partial charge in [-0.15, -0.1) is 0 Å². The van der Waals surface area contributed by atoms with E-state index in [2.05, 4.69) is 0 Å². The number of aliphatic hydroxyl groups is 1. The third kappa shape index (κ3) is 3.78. The smallest absolute Gasteiger partial charge is 0.253 e. The molecule has 1 aliphatic rings. The lowest BCUT2D eigenvalue weighted by Gasteiger charge is -2.15. The molecule has 0 aliphatic carbocycles. The van der Waals surface area contributed by atoms with Gasteiger partial charge in [-0.1, -0.05) is 12.1 Å². The number of benzene rings is 1. The third-order valence-corrected chi connectivity index (χ3v) is 3.23. The van der Waals surface area contributed by atoms with E-state index in [0.717, 1.165) is 5.56 Å². The third-order valence-electron chi connectivity index (χ3n) is 3.23. The Bertz CT molecular complexity index is 428. The Morgan fingerprint density at radius 1 is 1.42 bits per heavy atom. The molecule has 19 heavy (non-hydrogen) atoms. The van der Waals surface area contributed by atoms with Gasteiger partial charge in [-0.25, -0.2) is 0 Å². The van der Waals surface area contributed by atoms with E-state index in [1.54, 1.807) is 4.90 Å². The van der Waals surface area contributed by atoms with Crippen LogP contribution in [0.4, 0.5) is 0 Å². The van der Waals surface area contributed by atoms with Crippen LogP contribution in [0.5, 0.6) is 0 Å². The van der Waals surface area contributed by atoms with Gasteiger partial charge < -0.3 is 14.7 Å². The molecule has 4 heteroatoms. The molecule has 1 N–H and O–H groups in total. The zero-order chi connectivity index (χ0) is 13.8. The SMILES string of the molecule is CC(C)OCc1ccc(C(=O)N2CC[C@@H](O)C2)cc1. The summed E-state index contributed by atoms with van der Waals surface area (Å²) in [6.07, 6.45) is 0.501. The summed E-state index contributed by atoms with van der Waals surface area (Å²) in [4.78, 5) is 13.9. The average molecular weight is 263 g/mol. The van der Waals surface area contributed by atoms with Crippen molar-refractivity contribution >= 4 is 5.91 Å². The molecular formula is C15H21NO3. The van der Waals surface area contributed by atoms with Crippen molar-refractivity contribution in [1.82, 2.24) is 4.90 Å². The van der Waals surface area contributed by atoms with Crippen LogP contribution in [0.2, 0.25) is 0 Å². The maximum atomic E-state index is 12.2. The Kier molecular flexibility index (Phi) is 4.56. The Hall–Kier alpha value is -1.39. The fraction of sp³-hybridized carbons (Fsp3) is 0.533. The van der Waals surface area contributed by atoms with Gasteiger partial charge in [0.1, 0.15) is 0 Å². The molecule has 1 aromatic carbocycles. The summed E-state index contributed by atoms with van der Waals surface area (Å²) >= 11 is 0. The first-order chi connectivity index (χ1) is 9.06. The summed E-state index contributed by atoms with van der Waals surface area (Å²) in [5.41, 5.74) is 1.73. The first-order valence-electron chi connectivity index (χ1n) is 6.74. The van der Waals surface area contributed by atoms with Crippen molar-refractivity contribution in [1.29, 1.82) is 0 Å². The molecule has 1 saturated heterocycles. The van der Waals surface area contributed by atoms with Crippen molar-refractivity contribution in [3.8, 4) is 0 Å². The molecule has 0 aromatic heterocycles. The van der Waals surface area contributed by atoms with Gasteiger partial charge in [0.25, 0.3) is 5.91 Å². The molecule has 4 nitrogen and oxygen atoms in total. The predicted octanol–water partition coefficient (Wildman–Crippen LogP) is 1.82. The van der Waals surface area contributed by atoms with Gasteiger partial charge in [-0.2, -0.15) is 0 Å². The number of hydrogen-bond donors (Lipinski definition) is 1. The van der Waals surface area contributed by atoms with Crippen LogP contribution in [0.3, 0.4) is 0 Å². The summed E-state index contributed by atoms with van der Waals surface area (Å²) < 4.78 is 5.51. The molecule has 1 atom stereocenters. The van der Waals surface area contributed by atoms with Crippen LogP contribution < -0.4 is 0 Å². The zero-order valence-corrected chi connectivity index (χ0v) is 11.5. The molecule has 1 fully saturated rings. The Morgan fingerprint density at radius 3 is 2.63 bits per heavy atom. The topological polar surface area (TPSA) is 49.8 Å². The first kappa shape index (κ1) is 14.0. The first-order valence-corrected chi connectivity index (χ1v) is 6.74. The van der Waals surface area contributed by atoms with Crippen LogP contribution in [0.15, 0.2) is 24.3 Å². The number of carbonyl (C=O) groups is 1. The molecule has 0 bridgehead atoms. The maximum Gasteiger partial charge on any atom is 0.253 e. The Morgan fingerprint density at radius 2 is 2.11 bits per heavy atom. The minimum atomic E-state index is -0.373. The van der Waals surface area contributed by atoms with E-state index >= 15 is 0 Å². The van der Waals surface area contributed by atoms with Crippen LogP contribution in [-0.4, -0.2) is 41.2 Å². The lowest BCUT2D eigenvalue weighted by molar-refractivity contribution is 0.0656. The number of aliphatic hydroxyl groups excluding tert-OH is 1. The van der Waals surface area contributed by atoms with Crippen LogP contribution in [0, 0.1) is 0 Å². The number of amides is 1. The van der Waals surface area contributed by atoms with E-state index in [9.17, 15) is 9.90 Å². The van der Waals surface area contributed by atoms with Crippen LogP contribution >= 0.6 is 0 Å². The minimum Gasteiger partial charge on any atom is -0.391 e. The van der Waals surface area contributed by atoms with Crippen molar-refractivity contribution in [2.75, 3.05) is 13.1 Å². The monoisotopic (exact) mass is 263 g/mol. The fourth-order valence-electron chi connectivity index (χ4n) is 2.12. The lowest BCUT2D eigenvalue weighted by atomic mass is 10.1. The molecule has 1 aromatic rings. The van der Waals surface area contributed by atoms with Gasteiger partial charge in [0.15, 0.2) is 0 Å². The second kappa shape index (κ2) is 6.17. The number of carbonyl (C=O) groups excluding carboxylic acids is 1. The highest BCUT2D eigenvalue weighted by Crippen LogP contribution is 2.14. The quantitative estimate of drug-likeness (QED) is 0.901. The summed E-state index contributed by atoms with van der Waals surface area (Å²) in [6, 6.07) is 7.49. The van der Waals surface area contributed by atoms with E-state index in [-0.39, 0.29) is 18.1 Å². The molecule has 104 valence electrons. The largest absolute Gasteiger partial charge is 0.391 e. The molecule has 1 aliphatic heterocycles. The maximum absolute atomic E-state index is 12.2. The molecule has 0 saturated carbocycles. The normalized spacial score (nSPS) is 19.2. The van der Waals surface area contributed by atoms with Crippen molar-refractivity contribution < 1.29 is 14.6 Å². The number of likely N-dealkylation sites (tertiary alicyclic amines) is 1. The number of nitrogens with zero attached hydrogens (tertiary/aromatic N) is 1. The van der Waals surface area contributed by atoms with Crippen molar-refractivity contribution in [3.05, 3.63) is 35.4 Å². The predicted molar refractivity (Wildman–Crippen MR) is 72.9 cm³/mol. The lowest BCUT2D eigenvalue weighted by Crippen LogP contribution is -2.29. The standard InChI is InChI=1S/C15H21NO3/c1-11(2)19-10-12-3-5-13(6-4-12)15(18)16-8-7-14(17)9-16/h3-6,11,14,17H,7-10H2,1-2H3/t14-/m1/s1. The van der Waals surface area contributed by atoms with Crippen molar-refractivity contribution in [3.63, 3.8) is 0 Å². The Labute approximate surface area is 114 Å². The second-order valence-corrected chi connectivity index (χ2v) is 5.25. The summed E-state index contributed by atoms with van der Waals surface area (Å²) in [6.45, 7) is 5.64. The van der Waals surface area contributed by atoms with Crippen molar-refractivity contribution in [2.45, 2.75) is 39.1 Å². The highest BCUT2D eigenvalue weighted by Gasteiger charge is 2.25. The van der Waals surface area contributed by atoms with Crippen LogP contribution in [0.25, 0.3) is 0 Å². The van der Waals surface area contributed by atoms with E-state index in [0.29, 0.717) is 31.7 Å². The van der Waals surface area contributed by atoms with Crippen LogP contribution in [0.1, 0.15) is 36.2 Å². The zero-order valence-electron chi connectivity index (χ0n) is 11.5. The minimum absolute atomic E-state index is 0.00659. The summed E-state index contributed by atoms with van der Waals surface area (Å²) in [7, 11) is 0. The molecule has 0 radical (unpaired) electrons. The van der Waals surface area contributed by atoms with E-state index in [4.69, 9.17) is 4.74 Å². The number of hydrogen-bond acceptors (Lipinski definition) is 3. The summed E-state index contributed by atoms with van der Waals surface area (Å²) in [5.74, 6) is -0.00659. The van der Waals surface area contributed by atoms with Gasteiger partial charge in [-0.05, 0) is 38.0 Å². The Balaban J connectivity index is 1.96. The summed E-state index contributed by atoms with van der Waals surface area (Å²) in [5, 5.41) is 9.45. The van der Waals surface area contributed by atoms with Gasteiger partial charge >= 0.3 is 0 Å². The van der Waals surface area contributed by atoms with E-state index in [1.165, 1.54) is 0 Å². The van der Waals surface area contributed by atoms with Crippen LogP contribution in [-0.2, 0) is 11.3 Å². The van der Waals surface area contributed by atoms with Gasteiger partial charge in [0.2, 0.25) is 0 Å². The molecule has 0 unspecified atom stereocenters. The number of ether oxygens (including phenoxy) is 1. The highest BCUT2D eigenvalue weighted by atomic mass is 16.5. The molecule has 1 heterocycles. The van der Waals surface area contributed by atoms with E-state index in [1.807, 2.05) is 38.1 Å². The second-order valence-electron chi connectivity index (χ2n) is 5.25. The average Bonchev–Trinajstić information content (AvgIpc) is 2.83. The number of β-amino-alcohol motifs (C(OH)–C–C–N with tert-alkyl or cyclic N) is 1.